The number of amides is 3. The Morgan fingerprint density at radius 1 is 1.05 bits per heavy atom. The van der Waals surface area contributed by atoms with Crippen molar-refractivity contribution in [3.05, 3.63) is 83.8 Å². The molecule has 0 radical (unpaired) electrons. The summed E-state index contributed by atoms with van der Waals surface area (Å²) < 4.78 is 16.7. The van der Waals surface area contributed by atoms with Gasteiger partial charge in [0.15, 0.2) is 11.5 Å². The maximum atomic E-state index is 15.3. The number of carbonyl (C=O) groups is 3. The Balaban J connectivity index is 1.55. The molecule has 0 aliphatic heterocycles. The molecular weight excluding hydrogens is 489 g/mol. The Hall–Kier alpha value is -4.57. The lowest BCUT2D eigenvalue weighted by Gasteiger charge is -2.27. The van der Waals surface area contributed by atoms with Crippen molar-refractivity contribution in [2.75, 3.05) is 18.5 Å². The summed E-state index contributed by atoms with van der Waals surface area (Å²) in [5.41, 5.74) is 7.88. The zero-order valence-corrected chi connectivity index (χ0v) is 21.0. The van der Waals surface area contributed by atoms with Gasteiger partial charge in [-0.05, 0) is 37.1 Å². The van der Waals surface area contributed by atoms with E-state index >= 15 is 4.39 Å². The van der Waals surface area contributed by atoms with E-state index in [1.807, 2.05) is 25.1 Å². The fourth-order valence-corrected chi connectivity index (χ4v) is 4.29. The summed E-state index contributed by atoms with van der Waals surface area (Å²) in [4.78, 5) is 39.2. The van der Waals surface area contributed by atoms with Crippen LogP contribution in [0.1, 0.15) is 23.0 Å². The largest absolute Gasteiger partial charge is 0.394 e. The van der Waals surface area contributed by atoms with Crippen LogP contribution < -0.4 is 11.1 Å². The van der Waals surface area contributed by atoms with Gasteiger partial charge in [0.2, 0.25) is 11.8 Å². The molecule has 0 spiro atoms. The number of aromatic nitrogens is 2. The number of hydrogen-bond acceptors (Lipinski definition) is 5. The molecule has 3 amide bonds. The summed E-state index contributed by atoms with van der Waals surface area (Å²) in [5.74, 6) is -2.49. The highest BCUT2D eigenvalue weighted by molar-refractivity contribution is 6.04. The molecule has 0 bridgehead atoms. The van der Waals surface area contributed by atoms with E-state index in [4.69, 9.17) is 5.73 Å². The minimum atomic E-state index is -0.734. The van der Waals surface area contributed by atoms with E-state index in [0.29, 0.717) is 22.0 Å². The first-order valence-electron chi connectivity index (χ1n) is 12.0. The minimum Gasteiger partial charge on any atom is -0.394 e. The van der Waals surface area contributed by atoms with Crippen LogP contribution in [0.3, 0.4) is 0 Å². The van der Waals surface area contributed by atoms with E-state index in [1.165, 1.54) is 15.6 Å². The first kappa shape index (κ1) is 26.5. The third kappa shape index (κ3) is 5.40. The predicted octanol–water partition coefficient (Wildman–Crippen LogP) is 3.10. The van der Waals surface area contributed by atoms with Crippen molar-refractivity contribution in [3.63, 3.8) is 0 Å². The molecule has 0 aliphatic carbocycles. The monoisotopic (exact) mass is 517 g/mol. The number of nitrogens with two attached hydrogens (primary N) is 1. The number of benzene rings is 3. The summed E-state index contributed by atoms with van der Waals surface area (Å²) in [7, 11) is 0. The molecule has 4 N–H and O–H groups in total. The second-order valence-corrected chi connectivity index (χ2v) is 8.97. The topological polar surface area (TPSA) is 131 Å². The van der Waals surface area contributed by atoms with Crippen molar-refractivity contribution in [2.45, 2.75) is 26.4 Å². The molecule has 3 aromatic carbocycles. The molecule has 9 nitrogen and oxygen atoms in total. The Morgan fingerprint density at radius 3 is 2.45 bits per heavy atom. The second kappa shape index (κ2) is 11.2. The molecule has 196 valence electrons. The maximum Gasteiger partial charge on any atom is 0.269 e. The van der Waals surface area contributed by atoms with Gasteiger partial charge in [-0.1, -0.05) is 54.6 Å². The molecule has 10 heteroatoms. The zero-order valence-electron chi connectivity index (χ0n) is 21.0. The average Bonchev–Trinajstić information content (AvgIpc) is 3.27. The quantitative estimate of drug-likeness (QED) is 0.314. The highest BCUT2D eigenvalue weighted by atomic mass is 19.1. The summed E-state index contributed by atoms with van der Waals surface area (Å²) in [5, 5.41) is 17.0. The highest BCUT2D eigenvalue weighted by Gasteiger charge is 2.25. The Labute approximate surface area is 218 Å². The van der Waals surface area contributed by atoms with Crippen LogP contribution in [0.5, 0.6) is 0 Å². The molecular formula is C28H28FN5O4. The number of fused-ring (bicyclic) bond motifs is 1. The SMILES string of the molecule is Cc1ccccc1-c1cccc(NC(=O)CN(C(=O)Cn2nc(C(N)=O)c3ccccc32)[C@H](C)CO)c1F. The molecule has 1 heterocycles. The lowest BCUT2D eigenvalue weighted by Crippen LogP contribution is -2.46. The average molecular weight is 518 g/mol. The van der Waals surface area contributed by atoms with E-state index in [-0.39, 0.29) is 17.9 Å². The summed E-state index contributed by atoms with van der Waals surface area (Å²) in [6.07, 6.45) is 0. The number of aliphatic hydroxyl groups is 1. The van der Waals surface area contributed by atoms with Gasteiger partial charge in [0.1, 0.15) is 13.1 Å². The van der Waals surface area contributed by atoms with E-state index in [1.54, 1.807) is 49.4 Å². The zero-order chi connectivity index (χ0) is 27.4. The van der Waals surface area contributed by atoms with Gasteiger partial charge >= 0.3 is 0 Å². The molecule has 1 aromatic heterocycles. The number of para-hydroxylation sites is 1. The summed E-state index contributed by atoms with van der Waals surface area (Å²) in [6.45, 7) is 2.32. The van der Waals surface area contributed by atoms with E-state index in [0.717, 1.165) is 5.56 Å². The first-order valence-corrected chi connectivity index (χ1v) is 12.0. The van der Waals surface area contributed by atoms with E-state index in [2.05, 4.69) is 10.4 Å². The first-order chi connectivity index (χ1) is 18.2. The number of nitrogens with one attached hydrogen (secondary N) is 1. The van der Waals surface area contributed by atoms with Gasteiger partial charge in [0, 0.05) is 10.9 Å². The van der Waals surface area contributed by atoms with Crippen LogP contribution in [0.2, 0.25) is 0 Å². The van der Waals surface area contributed by atoms with Crippen molar-refractivity contribution in [1.29, 1.82) is 0 Å². The Bertz CT molecular complexity index is 1520. The van der Waals surface area contributed by atoms with Gasteiger partial charge in [-0.25, -0.2) is 4.39 Å². The van der Waals surface area contributed by atoms with Crippen LogP contribution in [0, 0.1) is 12.7 Å². The molecule has 0 aliphatic rings. The van der Waals surface area contributed by atoms with Crippen molar-refractivity contribution in [3.8, 4) is 11.1 Å². The number of anilines is 1. The summed E-state index contributed by atoms with van der Waals surface area (Å²) in [6, 6.07) is 18.1. The van der Waals surface area contributed by atoms with Crippen molar-refractivity contribution in [2.24, 2.45) is 5.73 Å². The lowest BCUT2D eigenvalue weighted by molar-refractivity contribution is -0.138. The van der Waals surface area contributed by atoms with Crippen LogP contribution in [-0.2, 0) is 16.1 Å². The van der Waals surface area contributed by atoms with Gasteiger partial charge < -0.3 is 21.1 Å². The van der Waals surface area contributed by atoms with Gasteiger partial charge in [0.25, 0.3) is 5.91 Å². The van der Waals surface area contributed by atoms with Gasteiger partial charge in [0.05, 0.1) is 23.9 Å². The number of halogens is 1. The molecule has 0 fully saturated rings. The minimum absolute atomic E-state index is 0.0241. The fraction of sp³-hybridized carbons (Fsp3) is 0.214. The Kier molecular flexibility index (Phi) is 7.82. The molecule has 0 saturated heterocycles. The molecule has 1 atom stereocenters. The number of hydrogen-bond donors (Lipinski definition) is 3. The highest BCUT2D eigenvalue weighted by Crippen LogP contribution is 2.30. The molecule has 4 rings (SSSR count). The molecule has 4 aromatic rings. The van der Waals surface area contributed by atoms with Crippen molar-refractivity contribution in [1.82, 2.24) is 14.7 Å². The number of aliphatic hydroxyl groups excluding tert-OH is 1. The second-order valence-electron chi connectivity index (χ2n) is 8.97. The van der Waals surface area contributed by atoms with Gasteiger partial charge in [-0.3, -0.25) is 19.1 Å². The molecule has 0 unspecified atom stereocenters. The molecule has 0 saturated carbocycles. The smallest absolute Gasteiger partial charge is 0.269 e. The fourth-order valence-electron chi connectivity index (χ4n) is 4.29. The summed E-state index contributed by atoms with van der Waals surface area (Å²) >= 11 is 0. The van der Waals surface area contributed by atoms with Crippen LogP contribution in [0.15, 0.2) is 66.7 Å². The van der Waals surface area contributed by atoms with Gasteiger partial charge in [-0.15, -0.1) is 0 Å². The normalized spacial score (nSPS) is 11.8. The predicted molar refractivity (Wildman–Crippen MR) is 142 cm³/mol. The number of primary amides is 1. The number of carbonyl (C=O) groups excluding carboxylic acids is 3. The van der Waals surface area contributed by atoms with Crippen molar-refractivity contribution < 1.29 is 23.9 Å². The third-order valence-corrected chi connectivity index (χ3v) is 6.32. The van der Waals surface area contributed by atoms with Crippen LogP contribution in [0.25, 0.3) is 22.0 Å². The maximum absolute atomic E-state index is 15.3. The van der Waals surface area contributed by atoms with Crippen LogP contribution >= 0.6 is 0 Å². The van der Waals surface area contributed by atoms with Crippen LogP contribution in [-0.4, -0.2) is 56.7 Å². The third-order valence-electron chi connectivity index (χ3n) is 6.32. The van der Waals surface area contributed by atoms with E-state index < -0.39 is 42.7 Å². The van der Waals surface area contributed by atoms with Gasteiger partial charge in [-0.2, -0.15) is 5.10 Å². The number of aryl methyl sites for hydroxylation is 1. The lowest BCUT2D eigenvalue weighted by atomic mass is 9.99. The Morgan fingerprint density at radius 2 is 1.74 bits per heavy atom. The van der Waals surface area contributed by atoms with E-state index in [9.17, 15) is 19.5 Å². The molecule has 38 heavy (non-hydrogen) atoms. The van der Waals surface area contributed by atoms with Crippen LogP contribution in [0.4, 0.5) is 10.1 Å². The number of nitrogens with zero attached hydrogens (tertiary/aromatic N) is 3. The standard InChI is InChI=1S/C28H28FN5O4/c1-17-8-3-4-9-19(17)20-11-7-12-22(26(20)29)31-24(36)14-33(18(2)16-35)25(37)15-34-23-13-6-5-10-21(23)27(32-34)28(30)38/h3-13,18,35H,14-16H2,1-2H3,(H2,30,38)(H,31,36)/t18-/m1/s1. The van der Waals surface area contributed by atoms with Crippen molar-refractivity contribution >= 4 is 34.3 Å². The number of rotatable bonds is 9.